The van der Waals surface area contributed by atoms with Gasteiger partial charge in [-0.25, -0.2) is 9.50 Å². The van der Waals surface area contributed by atoms with Crippen LogP contribution in [0.2, 0.25) is 5.02 Å². The van der Waals surface area contributed by atoms with Crippen LogP contribution in [-0.4, -0.2) is 19.6 Å². The molecule has 0 amide bonds. The average molecular weight is 525 g/mol. The van der Waals surface area contributed by atoms with Crippen LogP contribution in [-0.2, 0) is 6.42 Å². The molecule has 4 aromatic carbocycles. The molecular weight excluding hydrogens is 500 g/mol. The van der Waals surface area contributed by atoms with Gasteiger partial charge in [0.2, 0.25) is 0 Å². The van der Waals surface area contributed by atoms with Crippen molar-refractivity contribution in [2.75, 3.05) is 0 Å². The Hall–Kier alpha value is -4.67. The maximum Gasteiger partial charge on any atom is 0.158 e. The Labute approximate surface area is 231 Å². The van der Waals surface area contributed by atoms with Crippen molar-refractivity contribution in [3.8, 4) is 33.5 Å². The molecule has 0 aliphatic carbocycles. The van der Waals surface area contributed by atoms with Gasteiger partial charge in [0.15, 0.2) is 11.5 Å². The fraction of sp³-hybridized carbons (Fsp3) is 0.0588. The molecule has 0 atom stereocenters. The first kappa shape index (κ1) is 23.4. The van der Waals surface area contributed by atoms with Crippen molar-refractivity contribution in [3.63, 3.8) is 0 Å². The molecule has 188 valence electrons. The molecule has 7 aromatic rings. The van der Waals surface area contributed by atoms with Gasteiger partial charge in [0.25, 0.3) is 0 Å². The van der Waals surface area contributed by atoms with Crippen LogP contribution in [0.15, 0.2) is 115 Å². The topological polar surface area (TPSA) is 46.0 Å². The van der Waals surface area contributed by atoms with Gasteiger partial charge in [-0.05, 0) is 52.4 Å². The van der Waals surface area contributed by atoms with Crippen LogP contribution in [0.5, 0.6) is 0 Å². The number of halogens is 1. The number of fused-ring (bicyclic) bond motifs is 2. The number of hydrogen-bond donors (Lipinski definition) is 1. The predicted octanol–water partition coefficient (Wildman–Crippen LogP) is 8.76. The number of aromatic amines is 1. The van der Waals surface area contributed by atoms with Gasteiger partial charge in [0, 0.05) is 34.1 Å². The van der Waals surface area contributed by atoms with Crippen molar-refractivity contribution >= 4 is 28.2 Å². The molecule has 0 aliphatic rings. The minimum atomic E-state index is 0.514. The highest BCUT2D eigenvalue weighted by Crippen LogP contribution is 2.46. The van der Waals surface area contributed by atoms with Crippen molar-refractivity contribution in [3.05, 3.63) is 137 Å². The van der Waals surface area contributed by atoms with Crippen LogP contribution in [0.1, 0.15) is 17.0 Å². The summed E-state index contributed by atoms with van der Waals surface area (Å²) in [6, 6.07) is 37.6. The zero-order chi connectivity index (χ0) is 26.3. The number of hydrogen-bond acceptors (Lipinski definition) is 2. The molecule has 0 spiro atoms. The van der Waals surface area contributed by atoms with E-state index in [1.165, 1.54) is 0 Å². The molecule has 4 nitrogen and oxygen atoms in total. The number of benzene rings is 4. The van der Waals surface area contributed by atoms with Crippen LogP contribution in [0.3, 0.4) is 0 Å². The summed E-state index contributed by atoms with van der Waals surface area (Å²) in [5.74, 6) is 0.739. The van der Waals surface area contributed by atoms with Gasteiger partial charge in [-0.1, -0.05) is 109 Å². The number of nitrogens with zero attached hydrogens (tertiary/aromatic N) is 3. The molecule has 3 heterocycles. The summed E-state index contributed by atoms with van der Waals surface area (Å²) in [6.07, 6.45) is 2.45. The zero-order valence-corrected chi connectivity index (χ0v) is 22.2. The molecular formula is C34H25ClN4. The lowest BCUT2D eigenvalue weighted by molar-refractivity contribution is 0.899. The Morgan fingerprint density at radius 3 is 2.00 bits per heavy atom. The smallest absolute Gasteiger partial charge is 0.158 e. The van der Waals surface area contributed by atoms with Crippen molar-refractivity contribution in [1.82, 2.24) is 19.6 Å². The Kier molecular flexibility index (Phi) is 5.75. The summed E-state index contributed by atoms with van der Waals surface area (Å²) >= 11 is 7.11. The van der Waals surface area contributed by atoms with E-state index in [2.05, 4.69) is 103 Å². The zero-order valence-electron chi connectivity index (χ0n) is 21.4. The van der Waals surface area contributed by atoms with Crippen molar-refractivity contribution < 1.29 is 0 Å². The van der Waals surface area contributed by atoms with Gasteiger partial charge in [0.05, 0.1) is 5.69 Å². The Morgan fingerprint density at radius 1 is 0.744 bits per heavy atom. The molecule has 0 unspecified atom stereocenters. The maximum atomic E-state index is 7.11. The summed E-state index contributed by atoms with van der Waals surface area (Å²) < 4.78 is 1.85. The second-order valence-electron chi connectivity index (χ2n) is 9.77. The second-order valence-corrected chi connectivity index (χ2v) is 10.2. The van der Waals surface area contributed by atoms with E-state index in [4.69, 9.17) is 21.7 Å². The normalized spacial score (nSPS) is 11.4. The second kappa shape index (κ2) is 9.57. The lowest BCUT2D eigenvalue weighted by Gasteiger charge is -2.15. The molecule has 0 radical (unpaired) electrons. The fourth-order valence-corrected chi connectivity index (χ4v) is 5.77. The highest BCUT2D eigenvalue weighted by Gasteiger charge is 2.24. The quantitative estimate of drug-likeness (QED) is 0.244. The lowest BCUT2D eigenvalue weighted by atomic mass is 9.89. The Morgan fingerprint density at radius 2 is 1.36 bits per heavy atom. The highest BCUT2D eigenvalue weighted by atomic mass is 35.5. The number of nitrogens with one attached hydrogen (secondary N) is 1. The highest BCUT2D eigenvalue weighted by molar-refractivity contribution is 6.33. The molecule has 3 aromatic heterocycles. The van der Waals surface area contributed by atoms with Crippen molar-refractivity contribution in [2.45, 2.75) is 13.3 Å². The Bertz CT molecular complexity index is 1940. The van der Waals surface area contributed by atoms with E-state index < -0.39 is 0 Å². The third-order valence-electron chi connectivity index (χ3n) is 7.26. The Balaban J connectivity index is 1.56. The van der Waals surface area contributed by atoms with Gasteiger partial charge in [-0.2, -0.15) is 5.10 Å². The first-order chi connectivity index (χ1) is 19.2. The molecule has 0 fully saturated rings. The van der Waals surface area contributed by atoms with Crippen LogP contribution in [0.25, 0.3) is 50.1 Å². The molecule has 0 saturated carbocycles. The van der Waals surface area contributed by atoms with E-state index in [9.17, 15) is 0 Å². The maximum absolute atomic E-state index is 7.11. The SMILES string of the molecule is Cc1cccn2nc(Cc3c(Cl)cc4[nH]c(-c5ccccc5)c(-c5ccccc5)c4c3-c3ccccc3)nc12. The molecule has 0 saturated heterocycles. The van der Waals surface area contributed by atoms with Gasteiger partial charge < -0.3 is 4.98 Å². The largest absolute Gasteiger partial charge is 0.354 e. The molecule has 39 heavy (non-hydrogen) atoms. The fourth-order valence-electron chi connectivity index (χ4n) is 5.50. The molecule has 0 bridgehead atoms. The average Bonchev–Trinajstić information content (AvgIpc) is 3.57. The van der Waals surface area contributed by atoms with Gasteiger partial charge in [0.1, 0.15) is 0 Å². The van der Waals surface area contributed by atoms with Crippen molar-refractivity contribution in [2.24, 2.45) is 0 Å². The third-order valence-corrected chi connectivity index (χ3v) is 7.60. The molecule has 5 heteroatoms. The predicted molar refractivity (Wildman–Crippen MR) is 160 cm³/mol. The summed E-state index contributed by atoms with van der Waals surface area (Å²) in [4.78, 5) is 8.61. The van der Waals surface area contributed by atoms with Crippen molar-refractivity contribution in [1.29, 1.82) is 0 Å². The number of H-pyrrole nitrogens is 1. The van der Waals surface area contributed by atoms with E-state index in [0.29, 0.717) is 11.4 Å². The first-order valence-corrected chi connectivity index (χ1v) is 13.4. The first-order valence-electron chi connectivity index (χ1n) is 13.0. The summed E-state index contributed by atoms with van der Waals surface area (Å²) in [5, 5.41) is 6.63. The van der Waals surface area contributed by atoms with Gasteiger partial charge >= 0.3 is 0 Å². The summed E-state index contributed by atoms with van der Waals surface area (Å²) in [5.41, 5.74) is 10.7. The molecule has 1 N–H and O–H groups in total. The van der Waals surface area contributed by atoms with E-state index in [1.807, 2.05) is 28.9 Å². The van der Waals surface area contributed by atoms with Crippen LogP contribution in [0.4, 0.5) is 0 Å². The van der Waals surface area contributed by atoms with E-state index in [1.54, 1.807) is 0 Å². The third kappa shape index (κ3) is 4.10. The standard InChI is InChI=1S/C34H25ClN4/c1-22-12-11-19-39-34(22)37-29(38-39)20-26-27(35)21-28-32(30(26)23-13-5-2-6-14-23)31(24-15-7-3-8-16-24)33(36-28)25-17-9-4-10-18-25/h2-19,21,36H,20H2,1H3. The van der Waals surface area contributed by atoms with Gasteiger partial charge in [-0.15, -0.1) is 0 Å². The summed E-state index contributed by atoms with van der Waals surface area (Å²) in [6.45, 7) is 2.05. The monoisotopic (exact) mass is 524 g/mol. The summed E-state index contributed by atoms with van der Waals surface area (Å²) in [7, 11) is 0. The number of rotatable bonds is 5. The van der Waals surface area contributed by atoms with Gasteiger partial charge in [-0.3, -0.25) is 0 Å². The number of aryl methyl sites for hydroxylation is 1. The minimum absolute atomic E-state index is 0.514. The van der Waals surface area contributed by atoms with Crippen LogP contribution >= 0.6 is 11.6 Å². The van der Waals surface area contributed by atoms with E-state index in [-0.39, 0.29) is 0 Å². The van der Waals surface area contributed by atoms with E-state index >= 15 is 0 Å². The van der Waals surface area contributed by atoms with Crippen LogP contribution in [0, 0.1) is 6.92 Å². The molecule has 7 rings (SSSR count). The minimum Gasteiger partial charge on any atom is -0.354 e. The molecule has 0 aliphatic heterocycles. The van der Waals surface area contributed by atoms with Crippen LogP contribution < -0.4 is 0 Å². The number of aromatic nitrogens is 4. The number of pyridine rings is 1. The lowest BCUT2D eigenvalue weighted by Crippen LogP contribution is -1.98. The van der Waals surface area contributed by atoms with E-state index in [0.717, 1.165) is 67.0 Å².